The molecule has 0 aliphatic carbocycles. The van der Waals surface area contributed by atoms with Crippen LogP contribution in [0.1, 0.15) is 57.4 Å². The van der Waals surface area contributed by atoms with Crippen molar-refractivity contribution in [2.75, 3.05) is 29.9 Å². The lowest BCUT2D eigenvalue weighted by molar-refractivity contribution is -0.118. The Labute approximate surface area is 204 Å². The van der Waals surface area contributed by atoms with Gasteiger partial charge in [0.05, 0.1) is 5.69 Å². The first-order valence-corrected chi connectivity index (χ1v) is 11.9. The summed E-state index contributed by atoms with van der Waals surface area (Å²) in [4.78, 5) is 39.3. The molecule has 2 aromatic rings. The Morgan fingerprint density at radius 3 is 2.46 bits per heavy atom. The number of carbonyl (C=O) groups is 2. The van der Waals surface area contributed by atoms with Crippen LogP contribution < -0.4 is 10.2 Å². The van der Waals surface area contributed by atoms with E-state index in [4.69, 9.17) is 0 Å². The van der Waals surface area contributed by atoms with Crippen LogP contribution in [0.15, 0.2) is 48.2 Å². The second kappa shape index (κ2) is 12.3. The third-order valence-electron chi connectivity index (χ3n) is 6.24. The number of rotatable bonds is 9. The maximum atomic E-state index is 14.4. The number of para-hydroxylation sites is 1. The number of piperidine rings is 1. The molecule has 0 saturated carbocycles. The summed E-state index contributed by atoms with van der Waals surface area (Å²) in [6.07, 6.45) is 2.58. The third kappa shape index (κ3) is 6.76. The van der Waals surface area contributed by atoms with Crippen molar-refractivity contribution in [1.82, 2.24) is 4.90 Å². The van der Waals surface area contributed by atoms with Gasteiger partial charge in [-0.25, -0.2) is 13.6 Å². The van der Waals surface area contributed by atoms with Crippen molar-refractivity contribution in [2.24, 2.45) is 0 Å². The fraction of sp³-hybridized carbons (Fsp3) is 0.407. The molecule has 1 N–H and O–H groups in total. The van der Waals surface area contributed by atoms with E-state index in [1.807, 2.05) is 42.0 Å². The second-order valence-electron chi connectivity index (χ2n) is 8.72. The van der Waals surface area contributed by atoms with Crippen LogP contribution in [-0.4, -0.2) is 42.3 Å². The van der Waals surface area contributed by atoms with Gasteiger partial charge in [0.2, 0.25) is 11.8 Å². The maximum Gasteiger partial charge on any atom is 0.227 e. The first-order valence-electron chi connectivity index (χ1n) is 11.9. The minimum Gasteiger partial charge on any atom is -0.366 e. The quantitative estimate of drug-likeness (QED) is 0.508. The molecule has 2 amide bonds. The number of carbonyl (C=O) groups excluding carboxylic acids is 3. The zero-order valence-electron chi connectivity index (χ0n) is 20.2. The molecule has 0 bridgehead atoms. The molecule has 2 aromatic carbocycles. The molecule has 186 valence electrons. The summed E-state index contributed by atoms with van der Waals surface area (Å²) in [6.45, 7) is 4.67. The van der Waals surface area contributed by atoms with Gasteiger partial charge in [0.25, 0.3) is 0 Å². The Morgan fingerprint density at radius 2 is 1.83 bits per heavy atom. The van der Waals surface area contributed by atoms with Crippen molar-refractivity contribution in [3.8, 4) is 0 Å². The summed E-state index contributed by atoms with van der Waals surface area (Å²) < 4.78 is 27.8. The molecule has 0 unspecified atom stereocenters. The summed E-state index contributed by atoms with van der Waals surface area (Å²) >= 11 is 0. The van der Waals surface area contributed by atoms with Crippen LogP contribution in [0.3, 0.4) is 0 Å². The first kappa shape index (κ1) is 26.1. The minimum absolute atomic E-state index is 0.00313. The average molecular weight is 484 g/mol. The van der Waals surface area contributed by atoms with E-state index in [0.29, 0.717) is 25.2 Å². The first-order chi connectivity index (χ1) is 16.8. The highest BCUT2D eigenvalue weighted by molar-refractivity contribution is 5.93. The van der Waals surface area contributed by atoms with Crippen LogP contribution in [0.2, 0.25) is 0 Å². The smallest absolute Gasteiger partial charge is 0.227 e. The number of likely N-dealkylation sites (tertiary alicyclic amines) is 1. The lowest BCUT2D eigenvalue weighted by Crippen LogP contribution is -2.36. The van der Waals surface area contributed by atoms with Gasteiger partial charge < -0.3 is 15.1 Å². The predicted octanol–water partition coefficient (Wildman–Crippen LogP) is 5.04. The van der Waals surface area contributed by atoms with Gasteiger partial charge in [-0.05, 0) is 48.9 Å². The maximum absolute atomic E-state index is 14.4. The molecule has 35 heavy (non-hydrogen) atoms. The van der Waals surface area contributed by atoms with Gasteiger partial charge >= 0.3 is 0 Å². The Hall–Kier alpha value is -3.51. The molecule has 1 aliphatic heterocycles. The minimum atomic E-state index is -0.815. The fourth-order valence-corrected chi connectivity index (χ4v) is 4.54. The van der Waals surface area contributed by atoms with Crippen LogP contribution in [0.5, 0.6) is 0 Å². The molecule has 0 spiro atoms. The van der Waals surface area contributed by atoms with Crippen LogP contribution >= 0.6 is 0 Å². The second-order valence-corrected chi connectivity index (χ2v) is 8.72. The van der Waals surface area contributed by atoms with Crippen LogP contribution in [0.25, 0.3) is 0 Å². The summed E-state index contributed by atoms with van der Waals surface area (Å²) in [5.74, 6) is 0.306. The Morgan fingerprint density at radius 1 is 1.11 bits per heavy atom. The molecule has 1 saturated heterocycles. The Balaban J connectivity index is 1.67. The molecule has 1 aliphatic rings. The van der Waals surface area contributed by atoms with E-state index in [9.17, 15) is 23.2 Å². The number of hydrogen-bond donors (Lipinski definition) is 1. The van der Waals surface area contributed by atoms with Crippen LogP contribution in [-0.2, 0) is 14.4 Å². The van der Waals surface area contributed by atoms with E-state index in [1.54, 1.807) is 0 Å². The number of benzene rings is 2. The molecular weight excluding hydrogens is 452 g/mol. The van der Waals surface area contributed by atoms with Gasteiger partial charge in [-0.3, -0.25) is 9.59 Å². The van der Waals surface area contributed by atoms with E-state index < -0.39 is 11.6 Å². The van der Waals surface area contributed by atoms with Crippen LogP contribution in [0.4, 0.5) is 20.2 Å². The third-order valence-corrected chi connectivity index (χ3v) is 6.24. The SMILES string of the molecule is CCCC(=O)N(CCC(=C=O)N1CCC(c2ccccc2NC(C)=O)CC1)c1ccc(F)cc1F. The number of halogens is 2. The highest BCUT2D eigenvalue weighted by atomic mass is 19.1. The summed E-state index contributed by atoms with van der Waals surface area (Å²) in [5, 5.41) is 2.88. The molecular formula is C27H31F2N3O3. The van der Waals surface area contributed by atoms with Gasteiger partial charge in [-0.15, -0.1) is 0 Å². The van der Waals surface area contributed by atoms with Crippen molar-refractivity contribution in [3.05, 3.63) is 65.4 Å². The lowest BCUT2D eigenvalue weighted by atomic mass is 9.88. The zero-order valence-corrected chi connectivity index (χ0v) is 20.2. The van der Waals surface area contributed by atoms with E-state index in [-0.39, 0.29) is 42.8 Å². The largest absolute Gasteiger partial charge is 0.366 e. The van der Waals surface area contributed by atoms with Crippen molar-refractivity contribution in [3.63, 3.8) is 0 Å². The van der Waals surface area contributed by atoms with Crippen molar-refractivity contribution in [2.45, 2.75) is 51.9 Å². The van der Waals surface area contributed by atoms with Gasteiger partial charge in [-0.1, -0.05) is 25.1 Å². The molecule has 1 fully saturated rings. The lowest BCUT2D eigenvalue weighted by Gasteiger charge is -2.35. The number of amides is 2. The zero-order chi connectivity index (χ0) is 25.4. The fourth-order valence-electron chi connectivity index (χ4n) is 4.54. The molecule has 0 aromatic heterocycles. The average Bonchev–Trinajstić information content (AvgIpc) is 2.83. The number of hydrogen-bond acceptors (Lipinski definition) is 4. The summed E-state index contributed by atoms with van der Waals surface area (Å²) in [7, 11) is 0. The highest BCUT2D eigenvalue weighted by Gasteiger charge is 2.26. The number of nitrogens with zero attached hydrogens (tertiary/aromatic N) is 2. The van der Waals surface area contributed by atoms with E-state index in [1.165, 1.54) is 17.9 Å². The van der Waals surface area contributed by atoms with E-state index in [2.05, 4.69) is 5.32 Å². The van der Waals surface area contributed by atoms with Gasteiger partial charge in [0, 0.05) is 51.2 Å². The molecule has 3 rings (SSSR count). The molecule has 8 heteroatoms. The van der Waals surface area contributed by atoms with Crippen LogP contribution in [0, 0.1) is 11.6 Å². The van der Waals surface area contributed by atoms with Gasteiger partial charge in [0.1, 0.15) is 23.3 Å². The normalized spacial score (nSPS) is 13.8. The molecule has 1 heterocycles. The summed E-state index contributed by atoms with van der Waals surface area (Å²) in [6, 6.07) is 10.8. The topological polar surface area (TPSA) is 69.7 Å². The Bertz CT molecular complexity index is 1110. The monoisotopic (exact) mass is 483 g/mol. The highest BCUT2D eigenvalue weighted by Crippen LogP contribution is 2.34. The number of nitrogens with one attached hydrogen (secondary N) is 1. The van der Waals surface area contributed by atoms with Gasteiger partial charge in [0.15, 0.2) is 0 Å². The van der Waals surface area contributed by atoms with Crippen molar-refractivity contribution >= 4 is 29.1 Å². The summed E-state index contributed by atoms with van der Waals surface area (Å²) in [5.41, 5.74) is 2.30. The van der Waals surface area contributed by atoms with Crippen molar-refractivity contribution in [1.29, 1.82) is 0 Å². The van der Waals surface area contributed by atoms with Crippen molar-refractivity contribution < 1.29 is 23.2 Å². The molecule has 6 nitrogen and oxygen atoms in total. The van der Waals surface area contributed by atoms with Gasteiger partial charge in [-0.2, -0.15) is 0 Å². The number of anilines is 2. The predicted molar refractivity (Wildman–Crippen MR) is 132 cm³/mol. The van der Waals surface area contributed by atoms with E-state index in [0.717, 1.165) is 36.2 Å². The Kier molecular flexibility index (Phi) is 9.15. The molecule has 0 atom stereocenters. The molecule has 0 radical (unpaired) electrons. The standard InChI is InChI=1S/C27H31F2N3O3/c1-3-6-27(35)32(26-10-9-21(28)17-24(26)29)16-13-22(18-33)31-14-11-20(12-15-31)23-7-4-5-8-25(23)30-19(2)34/h4-5,7-10,17,20H,3,6,11-16H2,1-2H3,(H,30,34). The van der Waals surface area contributed by atoms with E-state index >= 15 is 0 Å².